The summed E-state index contributed by atoms with van der Waals surface area (Å²) in [5.41, 5.74) is 0.943. The Morgan fingerprint density at radius 2 is 1.70 bits per heavy atom. The number of nitrogens with zero attached hydrogens (tertiary/aromatic N) is 2. The zero-order chi connectivity index (χ0) is 14.8. The molecule has 0 aliphatic rings. The van der Waals surface area contributed by atoms with Crippen molar-refractivity contribution in [3.05, 3.63) is 40.6 Å². The lowest BCUT2D eigenvalue weighted by atomic mass is 10.1. The largest absolute Gasteiger partial charge is 0.365 e. The standard InChI is InChI=1S/C15H19BrN4/c1-10-17-13(9-14(18-10)20-15(2,3)4)19-12-8-6-5-7-11(12)16/h5-9H,1-4H3,(H2,17,18,19,20). The van der Waals surface area contributed by atoms with Gasteiger partial charge in [0.2, 0.25) is 0 Å². The van der Waals surface area contributed by atoms with Crippen molar-refractivity contribution in [3.63, 3.8) is 0 Å². The molecule has 0 saturated heterocycles. The summed E-state index contributed by atoms with van der Waals surface area (Å²) in [5, 5.41) is 6.66. The van der Waals surface area contributed by atoms with Gasteiger partial charge in [-0.05, 0) is 55.8 Å². The fourth-order valence-electron chi connectivity index (χ4n) is 1.78. The van der Waals surface area contributed by atoms with Crippen molar-refractivity contribution in [1.29, 1.82) is 0 Å². The second-order valence-corrected chi connectivity index (χ2v) is 6.52. The molecule has 106 valence electrons. The molecule has 2 rings (SSSR count). The number of hydrogen-bond donors (Lipinski definition) is 2. The van der Waals surface area contributed by atoms with Gasteiger partial charge in [0.15, 0.2) is 0 Å². The van der Waals surface area contributed by atoms with E-state index in [-0.39, 0.29) is 5.54 Å². The van der Waals surface area contributed by atoms with Gasteiger partial charge < -0.3 is 10.6 Å². The van der Waals surface area contributed by atoms with E-state index >= 15 is 0 Å². The van der Waals surface area contributed by atoms with E-state index in [0.717, 1.165) is 27.6 Å². The van der Waals surface area contributed by atoms with E-state index in [1.165, 1.54) is 0 Å². The number of para-hydroxylation sites is 1. The minimum atomic E-state index is -0.0363. The minimum Gasteiger partial charge on any atom is -0.365 e. The van der Waals surface area contributed by atoms with Crippen LogP contribution in [0.4, 0.5) is 17.3 Å². The summed E-state index contributed by atoms with van der Waals surface area (Å²) in [4.78, 5) is 8.83. The first-order chi connectivity index (χ1) is 9.33. The maximum absolute atomic E-state index is 4.42. The minimum absolute atomic E-state index is 0.0363. The highest BCUT2D eigenvalue weighted by Crippen LogP contribution is 2.25. The molecule has 0 aliphatic carbocycles. The molecular weight excluding hydrogens is 316 g/mol. The highest BCUT2D eigenvalue weighted by molar-refractivity contribution is 9.10. The van der Waals surface area contributed by atoms with E-state index in [2.05, 4.69) is 57.3 Å². The lowest BCUT2D eigenvalue weighted by Gasteiger charge is -2.21. The topological polar surface area (TPSA) is 49.8 Å². The van der Waals surface area contributed by atoms with E-state index < -0.39 is 0 Å². The van der Waals surface area contributed by atoms with Gasteiger partial charge in [0.1, 0.15) is 17.5 Å². The number of nitrogens with one attached hydrogen (secondary N) is 2. The van der Waals surface area contributed by atoms with Gasteiger partial charge in [0.25, 0.3) is 0 Å². The molecule has 0 spiro atoms. The second kappa shape index (κ2) is 5.79. The van der Waals surface area contributed by atoms with Crippen LogP contribution in [0.3, 0.4) is 0 Å². The van der Waals surface area contributed by atoms with Crippen LogP contribution >= 0.6 is 15.9 Å². The smallest absolute Gasteiger partial charge is 0.136 e. The fraction of sp³-hybridized carbons (Fsp3) is 0.333. The monoisotopic (exact) mass is 334 g/mol. The van der Waals surface area contributed by atoms with Crippen LogP contribution in [-0.4, -0.2) is 15.5 Å². The number of aromatic nitrogens is 2. The van der Waals surface area contributed by atoms with Crippen molar-refractivity contribution in [2.45, 2.75) is 33.2 Å². The van der Waals surface area contributed by atoms with Crippen LogP contribution in [0.15, 0.2) is 34.8 Å². The molecule has 0 aliphatic heterocycles. The number of anilines is 3. The molecule has 0 unspecified atom stereocenters. The molecule has 20 heavy (non-hydrogen) atoms. The predicted octanol–water partition coefficient (Wildman–Crippen LogP) is 4.50. The molecule has 0 saturated carbocycles. The van der Waals surface area contributed by atoms with Gasteiger partial charge in [-0.1, -0.05) is 12.1 Å². The Bertz CT molecular complexity index is 605. The molecule has 1 aromatic carbocycles. The number of hydrogen-bond acceptors (Lipinski definition) is 4. The SMILES string of the molecule is Cc1nc(Nc2ccccc2Br)cc(NC(C)(C)C)n1. The van der Waals surface area contributed by atoms with Crippen LogP contribution in [0.5, 0.6) is 0 Å². The normalized spacial score (nSPS) is 11.2. The first-order valence-corrected chi connectivity index (χ1v) is 7.28. The lowest BCUT2D eigenvalue weighted by Crippen LogP contribution is -2.26. The van der Waals surface area contributed by atoms with E-state index in [4.69, 9.17) is 0 Å². The van der Waals surface area contributed by atoms with E-state index in [9.17, 15) is 0 Å². The number of halogens is 1. The molecule has 1 aromatic heterocycles. The zero-order valence-electron chi connectivity index (χ0n) is 12.2. The Morgan fingerprint density at radius 3 is 2.35 bits per heavy atom. The third-order valence-corrected chi connectivity index (χ3v) is 3.17. The summed E-state index contributed by atoms with van der Waals surface area (Å²) in [6.07, 6.45) is 0. The summed E-state index contributed by atoms with van der Waals surface area (Å²) >= 11 is 3.52. The summed E-state index contributed by atoms with van der Waals surface area (Å²) in [5.74, 6) is 2.32. The summed E-state index contributed by atoms with van der Waals surface area (Å²) in [6, 6.07) is 9.86. The van der Waals surface area contributed by atoms with Crippen LogP contribution in [-0.2, 0) is 0 Å². The van der Waals surface area contributed by atoms with Crippen molar-refractivity contribution in [2.75, 3.05) is 10.6 Å². The molecule has 0 radical (unpaired) electrons. The van der Waals surface area contributed by atoms with Crippen LogP contribution in [0.1, 0.15) is 26.6 Å². The molecule has 0 amide bonds. The maximum Gasteiger partial charge on any atom is 0.136 e. The average molecular weight is 335 g/mol. The first-order valence-electron chi connectivity index (χ1n) is 6.49. The van der Waals surface area contributed by atoms with Gasteiger partial charge in [-0.25, -0.2) is 9.97 Å². The van der Waals surface area contributed by atoms with Crippen LogP contribution in [0.25, 0.3) is 0 Å². The van der Waals surface area contributed by atoms with Gasteiger partial charge in [-0.2, -0.15) is 0 Å². The van der Waals surface area contributed by atoms with Crippen molar-refractivity contribution >= 4 is 33.3 Å². The van der Waals surface area contributed by atoms with E-state index in [1.54, 1.807) is 0 Å². The van der Waals surface area contributed by atoms with Gasteiger partial charge in [0, 0.05) is 16.1 Å². The van der Waals surface area contributed by atoms with E-state index in [1.807, 2.05) is 37.3 Å². The first kappa shape index (κ1) is 14.8. The molecule has 0 bridgehead atoms. The van der Waals surface area contributed by atoms with Gasteiger partial charge in [-0.3, -0.25) is 0 Å². The van der Waals surface area contributed by atoms with E-state index in [0.29, 0.717) is 0 Å². The quantitative estimate of drug-likeness (QED) is 0.867. The Morgan fingerprint density at radius 1 is 1.05 bits per heavy atom. The predicted molar refractivity (Wildman–Crippen MR) is 87.6 cm³/mol. The van der Waals surface area contributed by atoms with Gasteiger partial charge in [0.05, 0.1) is 5.69 Å². The van der Waals surface area contributed by atoms with Crippen molar-refractivity contribution in [3.8, 4) is 0 Å². The summed E-state index contributed by atoms with van der Waals surface area (Å²) in [7, 11) is 0. The highest BCUT2D eigenvalue weighted by atomic mass is 79.9. The molecule has 0 fully saturated rings. The molecule has 2 N–H and O–H groups in total. The van der Waals surface area contributed by atoms with Crippen molar-refractivity contribution < 1.29 is 0 Å². The summed E-state index contributed by atoms with van der Waals surface area (Å²) < 4.78 is 1.00. The Labute approximate surface area is 128 Å². The van der Waals surface area contributed by atoms with Crippen LogP contribution in [0, 0.1) is 6.92 Å². The number of rotatable bonds is 3. The Balaban J connectivity index is 2.27. The van der Waals surface area contributed by atoms with Crippen molar-refractivity contribution in [2.24, 2.45) is 0 Å². The van der Waals surface area contributed by atoms with Crippen molar-refractivity contribution in [1.82, 2.24) is 9.97 Å². The lowest BCUT2D eigenvalue weighted by molar-refractivity contribution is 0.629. The fourth-order valence-corrected chi connectivity index (χ4v) is 2.16. The molecule has 2 aromatic rings. The van der Waals surface area contributed by atoms with Gasteiger partial charge in [-0.15, -0.1) is 0 Å². The maximum atomic E-state index is 4.42. The molecule has 1 heterocycles. The molecule has 4 nitrogen and oxygen atoms in total. The van der Waals surface area contributed by atoms with Crippen LogP contribution in [0.2, 0.25) is 0 Å². The summed E-state index contributed by atoms with van der Waals surface area (Å²) in [6.45, 7) is 8.20. The Kier molecular flexibility index (Phi) is 4.28. The van der Waals surface area contributed by atoms with Gasteiger partial charge >= 0.3 is 0 Å². The third kappa shape index (κ3) is 4.20. The highest BCUT2D eigenvalue weighted by Gasteiger charge is 2.12. The number of aryl methyl sites for hydroxylation is 1. The number of benzene rings is 1. The molecular formula is C15H19BrN4. The third-order valence-electron chi connectivity index (χ3n) is 2.48. The molecule has 0 atom stereocenters. The second-order valence-electron chi connectivity index (χ2n) is 5.67. The van der Waals surface area contributed by atoms with Crippen LogP contribution < -0.4 is 10.6 Å². The average Bonchev–Trinajstić information content (AvgIpc) is 2.29. The molecule has 5 heteroatoms. The zero-order valence-corrected chi connectivity index (χ0v) is 13.7. The Hall–Kier alpha value is -1.62.